The van der Waals surface area contributed by atoms with Crippen LogP contribution in [-0.2, 0) is 23.7 Å². The number of pyridine rings is 2. The number of hydrogen-bond donors (Lipinski definition) is 1. The highest BCUT2D eigenvalue weighted by Gasteiger charge is 2.19. The molecule has 3 aromatic heterocycles. The molecule has 176 valence electrons. The van der Waals surface area contributed by atoms with Crippen LogP contribution in [0.4, 0.5) is 3.89 Å². The van der Waals surface area contributed by atoms with Crippen molar-refractivity contribution < 1.29 is 12.3 Å². The molecule has 0 atom stereocenters. The van der Waals surface area contributed by atoms with E-state index in [2.05, 4.69) is 22.8 Å². The van der Waals surface area contributed by atoms with E-state index in [4.69, 9.17) is 6.42 Å². The van der Waals surface area contributed by atoms with Gasteiger partial charge in [-0.05, 0) is 54.3 Å². The standard InChI is InChI=1S/C27H22FN3O3S/c1-4-6-7-17-12-22-24(13-21(17)18-11-19(15-29-14-18)35(28,33)34)31(3)27-25(26(22)32)20-9-8-16(5-2)10-23(20)30-27/h2,8-15,30H,4,6-7H2,1,3H3. The van der Waals surface area contributed by atoms with Crippen LogP contribution in [0.25, 0.3) is 44.0 Å². The number of hydrogen-bond acceptors (Lipinski definition) is 4. The van der Waals surface area contributed by atoms with Gasteiger partial charge in [0.05, 0.1) is 10.9 Å². The quantitative estimate of drug-likeness (QED) is 0.272. The lowest BCUT2D eigenvalue weighted by Gasteiger charge is -2.15. The predicted octanol–water partition coefficient (Wildman–Crippen LogP) is 5.22. The molecular formula is C27H22FN3O3S. The Hall–Kier alpha value is -3.96. The number of fused-ring (bicyclic) bond motifs is 4. The minimum Gasteiger partial charge on any atom is -0.340 e. The minimum atomic E-state index is -4.91. The van der Waals surface area contributed by atoms with Gasteiger partial charge in [-0.1, -0.05) is 25.3 Å². The van der Waals surface area contributed by atoms with E-state index < -0.39 is 15.1 Å². The zero-order valence-electron chi connectivity index (χ0n) is 19.2. The van der Waals surface area contributed by atoms with Crippen molar-refractivity contribution in [2.75, 3.05) is 0 Å². The highest BCUT2D eigenvalue weighted by Crippen LogP contribution is 2.33. The van der Waals surface area contributed by atoms with Crippen molar-refractivity contribution in [3.63, 3.8) is 0 Å². The van der Waals surface area contributed by atoms with Crippen molar-refractivity contribution in [2.45, 2.75) is 31.1 Å². The SMILES string of the molecule is C#Cc1ccc2c(c1)[nH]c1c2c(=O)c2cc(CCCC)c(-c3cncc(S(=O)(=O)F)c3)cc2n1C. The summed E-state index contributed by atoms with van der Waals surface area (Å²) in [4.78, 5) is 20.5. The Kier molecular flexibility index (Phi) is 5.45. The molecule has 8 heteroatoms. The van der Waals surface area contributed by atoms with Gasteiger partial charge in [0.2, 0.25) is 0 Å². The molecule has 0 unspecified atom stereocenters. The number of unbranched alkanes of at least 4 members (excludes halogenated alkanes) is 1. The van der Waals surface area contributed by atoms with Gasteiger partial charge in [-0.2, -0.15) is 8.42 Å². The van der Waals surface area contributed by atoms with E-state index in [0.717, 1.165) is 35.5 Å². The van der Waals surface area contributed by atoms with Crippen LogP contribution >= 0.6 is 0 Å². The van der Waals surface area contributed by atoms with Gasteiger partial charge in [0.15, 0.2) is 5.43 Å². The lowest BCUT2D eigenvalue weighted by molar-refractivity contribution is 0.551. The molecule has 0 saturated carbocycles. The van der Waals surface area contributed by atoms with Crippen molar-refractivity contribution in [1.82, 2.24) is 14.5 Å². The fourth-order valence-electron chi connectivity index (χ4n) is 4.64. The second-order valence-corrected chi connectivity index (χ2v) is 9.97. The third-order valence-corrected chi connectivity index (χ3v) is 7.23. The van der Waals surface area contributed by atoms with Crippen LogP contribution in [0.3, 0.4) is 0 Å². The first-order chi connectivity index (χ1) is 16.7. The largest absolute Gasteiger partial charge is 0.340 e. The maximum absolute atomic E-state index is 13.7. The van der Waals surface area contributed by atoms with Crippen LogP contribution in [0.1, 0.15) is 30.9 Å². The van der Waals surface area contributed by atoms with E-state index in [1.54, 1.807) is 0 Å². The van der Waals surface area contributed by atoms with Gasteiger partial charge in [-0.25, -0.2) is 0 Å². The fraction of sp³-hybridized carbons (Fsp3) is 0.185. The van der Waals surface area contributed by atoms with Gasteiger partial charge in [-0.15, -0.1) is 10.3 Å². The molecular weight excluding hydrogens is 465 g/mol. The monoisotopic (exact) mass is 487 g/mol. The Morgan fingerprint density at radius 1 is 1.14 bits per heavy atom. The Labute approximate surface area is 201 Å². The van der Waals surface area contributed by atoms with Crippen molar-refractivity contribution in [1.29, 1.82) is 0 Å². The lowest BCUT2D eigenvalue weighted by Crippen LogP contribution is -2.10. The van der Waals surface area contributed by atoms with Gasteiger partial charge in [0, 0.05) is 46.9 Å². The maximum Gasteiger partial charge on any atom is 0.333 e. The smallest absolute Gasteiger partial charge is 0.333 e. The van der Waals surface area contributed by atoms with Crippen molar-refractivity contribution in [2.24, 2.45) is 7.05 Å². The zero-order chi connectivity index (χ0) is 24.9. The van der Waals surface area contributed by atoms with Crippen molar-refractivity contribution >= 4 is 43.1 Å². The van der Waals surface area contributed by atoms with E-state index in [1.165, 1.54) is 12.3 Å². The number of aromatic nitrogens is 3. The number of terminal acetylenes is 1. The summed E-state index contributed by atoms with van der Waals surface area (Å²) in [7, 11) is -3.05. The third kappa shape index (κ3) is 3.78. The molecule has 0 aliphatic rings. The summed E-state index contributed by atoms with van der Waals surface area (Å²) in [6.07, 6.45) is 10.5. The molecule has 0 bridgehead atoms. The van der Waals surface area contributed by atoms with Gasteiger partial charge in [-0.3, -0.25) is 9.78 Å². The number of halogens is 1. The van der Waals surface area contributed by atoms with Crippen molar-refractivity contribution in [3.05, 3.63) is 70.1 Å². The van der Waals surface area contributed by atoms with Gasteiger partial charge < -0.3 is 9.55 Å². The number of rotatable bonds is 5. The highest BCUT2D eigenvalue weighted by atomic mass is 32.3. The van der Waals surface area contributed by atoms with Gasteiger partial charge in [0.25, 0.3) is 0 Å². The number of nitrogens with one attached hydrogen (secondary N) is 1. The van der Waals surface area contributed by atoms with Crippen LogP contribution in [0.15, 0.2) is 58.5 Å². The first-order valence-electron chi connectivity index (χ1n) is 11.2. The normalized spacial score (nSPS) is 11.9. The summed E-state index contributed by atoms with van der Waals surface area (Å²) in [5.41, 5.74) is 4.75. The molecule has 0 amide bonds. The van der Waals surface area contributed by atoms with Crippen LogP contribution < -0.4 is 5.43 Å². The summed E-state index contributed by atoms with van der Waals surface area (Å²) in [6, 6.07) is 10.5. The minimum absolute atomic E-state index is 0.102. The van der Waals surface area contributed by atoms with Crippen LogP contribution in [0.5, 0.6) is 0 Å². The number of aryl methyl sites for hydroxylation is 2. The summed E-state index contributed by atoms with van der Waals surface area (Å²) in [6.45, 7) is 2.07. The van der Waals surface area contributed by atoms with Crippen LogP contribution in [-0.4, -0.2) is 23.0 Å². The summed E-state index contributed by atoms with van der Waals surface area (Å²) < 4.78 is 38.6. The van der Waals surface area contributed by atoms with E-state index >= 15 is 0 Å². The predicted molar refractivity (Wildman–Crippen MR) is 137 cm³/mol. The Bertz CT molecular complexity index is 1860. The average molecular weight is 488 g/mol. The zero-order valence-corrected chi connectivity index (χ0v) is 20.0. The number of nitrogens with zero attached hydrogens (tertiary/aromatic N) is 2. The molecule has 0 saturated heterocycles. The second-order valence-electron chi connectivity index (χ2n) is 8.62. The third-order valence-electron chi connectivity index (χ3n) is 6.44. The second kappa shape index (κ2) is 8.36. The first-order valence-corrected chi connectivity index (χ1v) is 12.6. The number of H-pyrrole nitrogens is 1. The molecule has 3 heterocycles. The van der Waals surface area contributed by atoms with Crippen LogP contribution in [0, 0.1) is 12.3 Å². The van der Waals surface area contributed by atoms with E-state index in [9.17, 15) is 17.1 Å². The summed E-state index contributed by atoms with van der Waals surface area (Å²) in [5, 5.41) is 1.93. The molecule has 0 radical (unpaired) electrons. The van der Waals surface area contributed by atoms with E-state index in [-0.39, 0.29) is 5.43 Å². The molecule has 1 N–H and O–H groups in total. The van der Waals surface area contributed by atoms with E-state index in [1.807, 2.05) is 41.9 Å². The molecule has 2 aromatic carbocycles. The summed E-state index contributed by atoms with van der Waals surface area (Å²) >= 11 is 0. The molecule has 0 aliphatic carbocycles. The average Bonchev–Trinajstić information content (AvgIpc) is 3.24. The molecule has 5 aromatic rings. The topological polar surface area (TPSA) is 84.8 Å². The van der Waals surface area contributed by atoms with Gasteiger partial charge >= 0.3 is 10.2 Å². The van der Waals surface area contributed by atoms with E-state index in [0.29, 0.717) is 45.0 Å². The Balaban J connectivity index is 1.86. The molecule has 0 spiro atoms. The molecule has 0 aliphatic heterocycles. The molecule has 35 heavy (non-hydrogen) atoms. The van der Waals surface area contributed by atoms with Gasteiger partial charge in [0.1, 0.15) is 10.5 Å². The summed E-state index contributed by atoms with van der Waals surface area (Å²) in [5.74, 6) is 2.61. The lowest BCUT2D eigenvalue weighted by atomic mass is 9.94. The van der Waals surface area contributed by atoms with Crippen LogP contribution in [0.2, 0.25) is 0 Å². The molecule has 0 fully saturated rings. The number of benzene rings is 2. The number of aromatic amines is 1. The molecule has 6 nitrogen and oxygen atoms in total. The Morgan fingerprint density at radius 2 is 1.94 bits per heavy atom. The Morgan fingerprint density at radius 3 is 2.66 bits per heavy atom. The fourth-order valence-corrected chi connectivity index (χ4v) is 5.10. The molecule has 5 rings (SSSR count). The maximum atomic E-state index is 13.7. The highest BCUT2D eigenvalue weighted by molar-refractivity contribution is 7.86. The first kappa shape index (κ1) is 22.8. The van der Waals surface area contributed by atoms with Crippen molar-refractivity contribution in [3.8, 4) is 23.5 Å².